The molecule has 2 aliphatic heterocycles. The van der Waals surface area contributed by atoms with Gasteiger partial charge in [-0.15, -0.1) is 0 Å². The number of ether oxygens (including phenoxy) is 3. The molecule has 7 rings (SSSR count). The molecule has 4 amide bonds. The van der Waals surface area contributed by atoms with Gasteiger partial charge in [-0.25, -0.2) is 23.2 Å². The van der Waals surface area contributed by atoms with Crippen molar-refractivity contribution < 1.29 is 46.2 Å². The van der Waals surface area contributed by atoms with Gasteiger partial charge in [0, 0.05) is 12.0 Å². The lowest BCUT2D eigenvalue weighted by Gasteiger charge is -2.36. The summed E-state index contributed by atoms with van der Waals surface area (Å²) in [4.78, 5) is 67.4. The van der Waals surface area contributed by atoms with Crippen molar-refractivity contribution in [3.63, 3.8) is 0 Å². The second kappa shape index (κ2) is 15.2. The number of hydrogen-bond donors (Lipinski definition) is 3. The number of halogens is 1. The maximum Gasteiger partial charge on any atom is 0.408 e. The first kappa shape index (κ1) is 39.9. The number of nitrogens with zero attached hydrogens (tertiary/aromatic N) is 3. The molecule has 0 radical (unpaired) electrons. The minimum absolute atomic E-state index is 0.0311. The molecule has 1 aromatic heterocycles. The van der Waals surface area contributed by atoms with Crippen molar-refractivity contribution in [3.05, 3.63) is 23.9 Å². The van der Waals surface area contributed by atoms with Gasteiger partial charge < -0.3 is 29.7 Å². The van der Waals surface area contributed by atoms with Crippen LogP contribution in [0.15, 0.2) is 18.2 Å². The molecule has 8 atom stereocenters. The number of amides is 4. The van der Waals surface area contributed by atoms with Gasteiger partial charge >= 0.3 is 6.09 Å². The van der Waals surface area contributed by atoms with Gasteiger partial charge in [-0.1, -0.05) is 40.5 Å². The van der Waals surface area contributed by atoms with Crippen LogP contribution in [0.5, 0.6) is 11.6 Å². The number of nitrogens with one attached hydrogen (secondary N) is 3. The van der Waals surface area contributed by atoms with E-state index in [0.717, 1.165) is 32.1 Å². The van der Waals surface area contributed by atoms with Crippen LogP contribution in [0.4, 0.5) is 9.18 Å². The van der Waals surface area contributed by atoms with Crippen LogP contribution in [0.25, 0.3) is 11.0 Å². The second-order valence-electron chi connectivity index (χ2n) is 17.3. The molecule has 5 aliphatic rings. The van der Waals surface area contributed by atoms with E-state index in [-0.39, 0.29) is 37.3 Å². The van der Waals surface area contributed by atoms with Crippen LogP contribution in [0.3, 0.4) is 0 Å². The molecular formula is C39H53FN6O9S. The van der Waals surface area contributed by atoms with E-state index in [1.807, 2.05) is 12.1 Å². The average Bonchev–Trinajstić information content (AvgIpc) is 4.06. The van der Waals surface area contributed by atoms with Crippen molar-refractivity contribution in [1.29, 1.82) is 0 Å². The Morgan fingerprint density at radius 1 is 1.07 bits per heavy atom. The zero-order valence-electron chi connectivity index (χ0n) is 32.6. The summed E-state index contributed by atoms with van der Waals surface area (Å²) in [5.41, 5.74) is -0.693. The molecule has 15 nitrogen and oxygen atoms in total. The van der Waals surface area contributed by atoms with Crippen molar-refractivity contribution >= 4 is 44.9 Å². The minimum Gasteiger partial charge on any atom is -0.497 e. The summed E-state index contributed by atoms with van der Waals surface area (Å²) in [6.07, 6.45) is 3.88. The largest absolute Gasteiger partial charge is 0.497 e. The molecule has 2 aromatic rings. The van der Waals surface area contributed by atoms with Crippen LogP contribution in [-0.4, -0.2) is 103 Å². The fraction of sp³-hybridized carbons (Fsp3) is 0.692. The molecule has 306 valence electrons. The molecule has 3 saturated carbocycles. The highest BCUT2D eigenvalue weighted by Crippen LogP contribution is 2.47. The normalized spacial score (nSPS) is 31.0. The van der Waals surface area contributed by atoms with Crippen molar-refractivity contribution in [3.8, 4) is 11.6 Å². The van der Waals surface area contributed by atoms with Gasteiger partial charge in [-0.2, -0.15) is 0 Å². The number of benzene rings is 1. The summed E-state index contributed by atoms with van der Waals surface area (Å²) in [7, 11) is -2.42. The quantitative estimate of drug-likeness (QED) is 0.352. The first-order valence-corrected chi connectivity index (χ1v) is 21.3. The smallest absolute Gasteiger partial charge is 0.408 e. The fourth-order valence-corrected chi connectivity index (χ4v) is 9.58. The Morgan fingerprint density at radius 2 is 1.84 bits per heavy atom. The van der Waals surface area contributed by atoms with Crippen LogP contribution in [-0.2, 0) is 35.6 Å². The third-order valence-corrected chi connectivity index (χ3v) is 13.8. The highest BCUT2D eigenvalue weighted by Gasteiger charge is 2.63. The van der Waals surface area contributed by atoms with E-state index < -0.39 is 86.7 Å². The molecular weight excluding hydrogens is 748 g/mol. The number of fused-ring (bicyclic) bond motifs is 5. The second-order valence-corrected chi connectivity index (χ2v) is 19.2. The SMILES string of the molecule is COc1ccc2nc3c(nc2c1)OC1CN(C(=O)C(C(C)(C)C)NC(=O)OC2CC2CCCCC3)C(C(=O)NC2(C(=O)NS(=O)(=O)C3CC3)CC2CCF)C1C. The number of aryl methyl sites for hydroxylation is 1. The zero-order chi connectivity index (χ0) is 40.2. The Labute approximate surface area is 326 Å². The number of sulfonamides is 1. The van der Waals surface area contributed by atoms with E-state index in [1.165, 1.54) is 4.90 Å². The van der Waals surface area contributed by atoms with Gasteiger partial charge in [0.25, 0.3) is 5.91 Å². The Kier molecular flexibility index (Phi) is 10.9. The number of alkyl halides is 1. The standard InChI is InChI=1S/C39H53FN6O9S/c1-21-30-20-46(31(21)33(47)44-39(19-23(39)15-16-40)36(49)45-56(51,52)25-12-13-25)35(48)32(38(2,3)4)43-37(50)55-29-17-22(29)9-7-6-8-10-27-34(54-30)42-28-18-24(53-5)11-14-26(28)41-27/h11,14,18,21-23,25,29-32H,6-10,12-13,15-17,19-20H2,1-5H3,(H,43,50)(H,44,47)(H,45,49). The predicted molar refractivity (Wildman–Crippen MR) is 202 cm³/mol. The number of rotatable bonds is 8. The van der Waals surface area contributed by atoms with E-state index in [2.05, 4.69) is 15.4 Å². The third kappa shape index (κ3) is 8.23. The molecule has 2 bridgehead atoms. The van der Waals surface area contributed by atoms with Crippen molar-refractivity contribution in [1.82, 2.24) is 30.2 Å². The lowest BCUT2D eigenvalue weighted by Crippen LogP contribution is -2.61. The van der Waals surface area contributed by atoms with E-state index in [9.17, 15) is 32.0 Å². The molecule has 17 heteroatoms. The number of carbonyl (C=O) groups is 4. The molecule has 1 saturated heterocycles. The van der Waals surface area contributed by atoms with Crippen molar-refractivity contribution in [2.24, 2.45) is 23.2 Å². The number of carbonyl (C=O) groups excluding carboxylic acids is 4. The third-order valence-electron chi connectivity index (χ3n) is 12.0. The van der Waals surface area contributed by atoms with E-state index in [1.54, 1.807) is 40.9 Å². The molecule has 3 heterocycles. The molecule has 8 unspecified atom stereocenters. The summed E-state index contributed by atoms with van der Waals surface area (Å²) in [6.45, 7) is 6.26. The zero-order valence-corrected chi connectivity index (χ0v) is 33.5. The first-order chi connectivity index (χ1) is 26.5. The summed E-state index contributed by atoms with van der Waals surface area (Å²) in [5, 5.41) is 4.87. The number of methoxy groups -OCH3 is 1. The molecule has 1 aromatic carbocycles. The molecule has 4 fully saturated rings. The number of hydrogen-bond acceptors (Lipinski definition) is 11. The molecule has 3 aliphatic carbocycles. The average molecular weight is 801 g/mol. The Morgan fingerprint density at radius 3 is 2.54 bits per heavy atom. The Balaban J connectivity index is 1.24. The van der Waals surface area contributed by atoms with Gasteiger partial charge in [0.2, 0.25) is 27.7 Å². The highest BCUT2D eigenvalue weighted by atomic mass is 32.2. The van der Waals surface area contributed by atoms with Crippen molar-refractivity contribution in [2.45, 2.75) is 127 Å². The van der Waals surface area contributed by atoms with Crippen molar-refractivity contribution in [2.75, 3.05) is 20.3 Å². The maximum absolute atomic E-state index is 14.8. The maximum atomic E-state index is 14.8. The first-order valence-electron chi connectivity index (χ1n) is 19.8. The Bertz CT molecular complexity index is 1990. The lowest BCUT2D eigenvalue weighted by molar-refractivity contribution is -0.143. The van der Waals surface area contributed by atoms with E-state index >= 15 is 0 Å². The Hall–Kier alpha value is -4.28. The monoisotopic (exact) mass is 800 g/mol. The number of alkyl carbamates (subject to hydrolysis) is 1. The minimum atomic E-state index is -3.98. The van der Waals surface area contributed by atoms with E-state index in [0.29, 0.717) is 41.7 Å². The van der Waals surface area contributed by atoms with Crippen LogP contribution in [0.1, 0.15) is 91.2 Å². The van der Waals surface area contributed by atoms with Crippen LogP contribution < -0.4 is 24.8 Å². The molecule has 56 heavy (non-hydrogen) atoms. The van der Waals surface area contributed by atoms with Gasteiger partial charge in [-0.05, 0) is 80.8 Å². The summed E-state index contributed by atoms with van der Waals surface area (Å²) in [6, 6.07) is 3.03. The summed E-state index contributed by atoms with van der Waals surface area (Å²) >= 11 is 0. The van der Waals surface area contributed by atoms with E-state index in [4.69, 9.17) is 24.2 Å². The topological polar surface area (TPSA) is 195 Å². The summed E-state index contributed by atoms with van der Waals surface area (Å²) < 4.78 is 59.2. The summed E-state index contributed by atoms with van der Waals surface area (Å²) in [5.74, 6) is -2.49. The van der Waals surface area contributed by atoms with Gasteiger partial charge in [0.05, 0.1) is 36.6 Å². The van der Waals surface area contributed by atoms with Gasteiger partial charge in [-0.3, -0.25) is 23.5 Å². The number of aromatic nitrogens is 2. The highest BCUT2D eigenvalue weighted by molar-refractivity contribution is 7.91. The predicted octanol–water partition coefficient (Wildman–Crippen LogP) is 3.72. The molecule has 3 N–H and O–H groups in total. The molecule has 0 spiro atoms. The van der Waals surface area contributed by atoms with Gasteiger partial charge in [0.1, 0.15) is 41.3 Å². The van der Waals surface area contributed by atoms with Crippen LogP contribution in [0.2, 0.25) is 0 Å². The van der Waals surface area contributed by atoms with Crippen LogP contribution in [0, 0.1) is 23.2 Å². The fourth-order valence-electron chi connectivity index (χ4n) is 8.22. The lowest BCUT2D eigenvalue weighted by atomic mass is 9.85. The van der Waals surface area contributed by atoms with Crippen LogP contribution >= 0.6 is 0 Å². The van der Waals surface area contributed by atoms with Gasteiger partial charge in [0.15, 0.2) is 0 Å².